The van der Waals surface area contributed by atoms with Crippen molar-refractivity contribution in [3.8, 4) is 0 Å². The van der Waals surface area contributed by atoms with Crippen LogP contribution in [0.3, 0.4) is 0 Å². The molecule has 0 saturated heterocycles. The molecule has 1 unspecified atom stereocenters. The lowest BCUT2D eigenvalue weighted by atomic mass is 9.69. The molecule has 10 heteroatoms. The molecule has 2 aliphatic rings. The highest BCUT2D eigenvalue weighted by Gasteiger charge is 2.57. The minimum atomic E-state index is -3.77. The number of fused-ring (bicyclic) bond motifs is 1. The van der Waals surface area contributed by atoms with Crippen LogP contribution >= 0.6 is 7.14 Å². The van der Waals surface area contributed by atoms with Crippen molar-refractivity contribution in [3.05, 3.63) is 65.4 Å². The molecule has 0 bridgehead atoms. The Morgan fingerprint density at radius 3 is 2.54 bits per heavy atom. The van der Waals surface area contributed by atoms with Gasteiger partial charge in [0.1, 0.15) is 35.6 Å². The average Bonchev–Trinajstić information content (AvgIpc) is 3.24. The number of nitrogens with one attached hydrogen (secondary N) is 1. The fourth-order valence-electron chi connectivity index (χ4n) is 5.13. The molecule has 3 aromatic rings. The predicted molar refractivity (Wildman–Crippen MR) is 138 cm³/mol. The summed E-state index contributed by atoms with van der Waals surface area (Å²) in [6.45, 7) is 4.45. The molecule has 37 heavy (non-hydrogen) atoms. The van der Waals surface area contributed by atoms with Crippen molar-refractivity contribution in [1.82, 2.24) is 15.0 Å². The molecule has 1 saturated carbocycles. The van der Waals surface area contributed by atoms with E-state index in [9.17, 15) is 9.67 Å². The Hall–Kier alpha value is -2.77. The Kier molecular flexibility index (Phi) is 6.44. The molecular weight excluding hydrogens is 500 g/mol. The van der Waals surface area contributed by atoms with E-state index in [1.54, 1.807) is 26.1 Å². The maximum absolute atomic E-state index is 15.6. The van der Waals surface area contributed by atoms with E-state index in [0.29, 0.717) is 53.1 Å². The minimum absolute atomic E-state index is 0.0214. The highest BCUT2D eigenvalue weighted by Crippen LogP contribution is 2.50. The van der Waals surface area contributed by atoms with Crippen molar-refractivity contribution in [2.24, 2.45) is 5.92 Å². The van der Waals surface area contributed by atoms with Gasteiger partial charge in [0.2, 0.25) is 0 Å². The van der Waals surface area contributed by atoms with Crippen molar-refractivity contribution >= 4 is 29.3 Å². The number of halogens is 3. The highest BCUT2D eigenvalue weighted by atomic mass is 31.2. The number of benzene rings is 1. The SMILES string of the molecule is Cc1nc(N[C@H](C)c2cccc(C(F)(F)C(C)(O)C3CCC3)c2F)c2cc(P3(=O)CC=CC3)ncc2n1. The average molecular weight is 531 g/mol. The van der Waals surface area contributed by atoms with Crippen molar-refractivity contribution < 1.29 is 22.8 Å². The second-order valence-corrected chi connectivity index (χ2v) is 13.3. The Morgan fingerprint density at radius 2 is 1.89 bits per heavy atom. The third-order valence-electron chi connectivity index (χ3n) is 7.79. The second-order valence-electron chi connectivity index (χ2n) is 10.3. The summed E-state index contributed by atoms with van der Waals surface area (Å²) in [7, 11) is -2.68. The standard InChI is InChI=1S/C27H30F3N4O2P/c1-16(19-10-7-11-21(24(19)28)27(29,30)26(3,35)18-8-6-9-18)32-25-20-14-23(37(36)12-4-5-13-37)31-15-22(20)33-17(2)34-25/h4-5,7,10-11,14-16,18,35H,6,8-9,12-13H2,1-3H3,(H,32,33,34)/t16-,26?/m1/s1. The first-order valence-corrected chi connectivity index (χ1v) is 14.6. The van der Waals surface area contributed by atoms with E-state index in [2.05, 4.69) is 20.3 Å². The number of pyridine rings is 1. The number of aryl methyl sites for hydroxylation is 1. The first-order chi connectivity index (χ1) is 17.4. The Balaban J connectivity index is 1.50. The molecule has 6 nitrogen and oxygen atoms in total. The molecule has 1 aromatic carbocycles. The van der Waals surface area contributed by atoms with Crippen LogP contribution in [0.4, 0.5) is 19.0 Å². The van der Waals surface area contributed by atoms with Crippen LogP contribution in [-0.2, 0) is 10.5 Å². The quantitative estimate of drug-likeness (QED) is 0.295. The molecule has 196 valence electrons. The van der Waals surface area contributed by atoms with E-state index in [0.717, 1.165) is 19.4 Å². The zero-order valence-electron chi connectivity index (χ0n) is 21.0. The number of nitrogens with zero attached hydrogens (tertiary/aromatic N) is 3. The molecule has 2 aromatic heterocycles. The van der Waals surface area contributed by atoms with Crippen LogP contribution in [0.5, 0.6) is 0 Å². The zero-order chi connectivity index (χ0) is 26.6. The third kappa shape index (κ3) is 4.36. The molecule has 3 heterocycles. The fourth-order valence-corrected chi connectivity index (χ4v) is 7.27. The van der Waals surface area contributed by atoms with Gasteiger partial charge in [-0.1, -0.05) is 30.7 Å². The summed E-state index contributed by atoms with van der Waals surface area (Å²) in [4.78, 5) is 13.3. The number of hydrogen-bond donors (Lipinski definition) is 2. The van der Waals surface area contributed by atoms with Crippen LogP contribution in [0.25, 0.3) is 10.9 Å². The number of anilines is 1. The van der Waals surface area contributed by atoms with Gasteiger partial charge in [0.05, 0.1) is 23.3 Å². The first-order valence-electron chi connectivity index (χ1n) is 12.5. The van der Waals surface area contributed by atoms with Crippen molar-refractivity contribution in [2.75, 3.05) is 17.6 Å². The first kappa shape index (κ1) is 25.9. The van der Waals surface area contributed by atoms with E-state index in [-0.39, 0.29) is 5.56 Å². The van der Waals surface area contributed by atoms with Gasteiger partial charge in [0.15, 0.2) is 0 Å². The monoisotopic (exact) mass is 530 g/mol. The summed E-state index contributed by atoms with van der Waals surface area (Å²) >= 11 is 0. The molecule has 5 rings (SSSR count). The van der Waals surface area contributed by atoms with Crippen LogP contribution in [0, 0.1) is 18.7 Å². The van der Waals surface area contributed by atoms with Crippen LogP contribution in [0.2, 0.25) is 0 Å². The summed E-state index contributed by atoms with van der Waals surface area (Å²) in [5, 5.41) is 14.4. The van der Waals surface area contributed by atoms with Crippen molar-refractivity contribution in [3.63, 3.8) is 0 Å². The van der Waals surface area contributed by atoms with Gasteiger partial charge >= 0.3 is 5.92 Å². The zero-order valence-corrected chi connectivity index (χ0v) is 21.9. The molecule has 2 atom stereocenters. The number of rotatable bonds is 7. The van der Waals surface area contributed by atoms with E-state index in [4.69, 9.17) is 0 Å². The molecule has 2 N–H and O–H groups in total. The van der Waals surface area contributed by atoms with Crippen LogP contribution in [-0.4, -0.2) is 38.0 Å². The smallest absolute Gasteiger partial charge is 0.304 e. The molecular formula is C27H30F3N4O2P. The number of aliphatic hydroxyl groups is 1. The van der Waals surface area contributed by atoms with Gasteiger partial charge in [-0.25, -0.2) is 14.4 Å². The molecule has 1 aliphatic heterocycles. The summed E-state index contributed by atoms with van der Waals surface area (Å²) < 4.78 is 59.8. The lowest BCUT2D eigenvalue weighted by molar-refractivity contribution is -0.218. The molecule has 0 spiro atoms. The van der Waals surface area contributed by atoms with Gasteiger partial charge in [0.25, 0.3) is 0 Å². The maximum Gasteiger partial charge on any atom is 0.304 e. The van der Waals surface area contributed by atoms with Gasteiger partial charge in [-0.15, -0.1) is 0 Å². The third-order valence-corrected chi connectivity index (χ3v) is 10.5. The van der Waals surface area contributed by atoms with Gasteiger partial charge < -0.3 is 15.0 Å². The van der Waals surface area contributed by atoms with E-state index in [1.165, 1.54) is 12.1 Å². The van der Waals surface area contributed by atoms with E-state index < -0.39 is 42.0 Å². The second kappa shape index (κ2) is 9.21. The summed E-state index contributed by atoms with van der Waals surface area (Å²) in [6, 6.07) is 4.81. The van der Waals surface area contributed by atoms with Crippen molar-refractivity contribution in [2.45, 2.75) is 57.6 Å². The van der Waals surface area contributed by atoms with Gasteiger partial charge in [-0.3, -0.25) is 4.98 Å². The maximum atomic E-state index is 15.6. The lowest BCUT2D eigenvalue weighted by Crippen LogP contribution is -2.52. The number of alkyl halides is 2. The fraction of sp³-hybridized carbons (Fsp3) is 0.444. The number of allylic oxidation sites excluding steroid dienone is 2. The lowest BCUT2D eigenvalue weighted by Gasteiger charge is -2.43. The topological polar surface area (TPSA) is 88.0 Å². The van der Waals surface area contributed by atoms with Crippen molar-refractivity contribution in [1.29, 1.82) is 0 Å². The largest absolute Gasteiger partial charge is 0.383 e. The Bertz CT molecular complexity index is 1430. The van der Waals surface area contributed by atoms with Crippen LogP contribution in [0.15, 0.2) is 42.6 Å². The predicted octanol–water partition coefficient (Wildman–Crippen LogP) is 5.85. The van der Waals surface area contributed by atoms with Crippen LogP contribution in [0.1, 0.15) is 56.1 Å². The minimum Gasteiger partial charge on any atom is -0.383 e. The van der Waals surface area contributed by atoms with Gasteiger partial charge in [-0.2, -0.15) is 8.78 Å². The summed E-state index contributed by atoms with van der Waals surface area (Å²) in [5.41, 5.74) is -2.15. The molecule has 1 aliphatic carbocycles. The normalized spacial score (nSPS) is 20.0. The summed E-state index contributed by atoms with van der Waals surface area (Å²) in [5.74, 6) is -4.59. The number of aromatic nitrogens is 3. The Labute approximate surface area is 213 Å². The molecule has 0 radical (unpaired) electrons. The highest BCUT2D eigenvalue weighted by molar-refractivity contribution is 7.72. The molecule has 1 fully saturated rings. The van der Waals surface area contributed by atoms with Gasteiger partial charge in [0, 0.05) is 23.3 Å². The molecule has 0 amide bonds. The number of hydrogen-bond acceptors (Lipinski definition) is 6. The van der Waals surface area contributed by atoms with E-state index >= 15 is 13.2 Å². The summed E-state index contributed by atoms with van der Waals surface area (Å²) in [6.07, 6.45) is 7.94. The van der Waals surface area contributed by atoms with Crippen LogP contribution < -0.4 is 10.8 Å². The Morgan fingerprint density at radius 1 is 1.19 bits per heavy atom. The van der Waals surface area contributed by atoms with Gasteiger partial charge in [-0.05, 0) is 51.7 Å². The van der Waals surface area contributed by atoms with E-state index in [1.807, 2.05) is 12.2 Å².